The van der Waals surface area contributed by atoms with Gasteiger partial charge in [0.1, 0.15) is 24.2 Å². The molecule has 0 spiro atoms. The Hall–Kier alpha value is -5.07. The molecule has 0 unspecified atom stereocenters. The number of rotatable bonds is 24. The Morgan fingerprint density at radius 2 is 1.20 bits per heavy atom. The number of primary amides is 1. The second kappa shape index (κ2) is 21.1. The number of benzene rings is 1. The number of aromatic nitrogens is 1. The predicted octanol–water partition coefficient (Wildman–Crippen LogP) is -1.94. The third-order valence-corrected chi connectivity index (χ3v) is 7.91. The lowest BCUT2D eigenvalue weighted by Gasteiger charge is -2.26. The number of nitrogens with two attached hydrogens (primary N) is 4. The van der Waals surface area contributed by atoms with Crippen molar-refractivity contribution in [2.24, 2.45) is 22.9 Å². The number of para-hydroxylation sites is 1. The summed E-state index contributed by atoms with van der Waals surface area (Å²) >= 11 is 0. The van der Waals surface area contributed by atoms with Gasteiger partial charge in [0.2, 0.25) is 29.5 Å². The molecule has 5 amide bonds. The molecule has 0 radical (unpaired) electrons. The van der Waals surface area contributed by atoms with E-state index in [0.717, 1.165) is 16.5 Å². The van der Waals surface area contributed by atoms with Gasteiger partial charge in [-0.2, -0.15) is 0 Å². The maximum absolute atomic E-state index is 13.6. The highest BCUT2D eigenvalue weighted by atomic mass is 16.4. The van der Waals surface area contributed by atoms with E-state index in [0.29, 0.717) is 32.2 Å². The molecule has 0 saturated heterocycles. The first-order chi connectivity index (χ1) is 23.8. The van der Waals surface area contributed by atoms with E-state index < -0.39 is 90.9 Å². The lowest BCUT2D eigenvalue weighted by Crippen LogP contribution is -2.58. The first-order valence-electron chi connectivity index (χ1n) is 16.4. The molecular formula is C32H49N9O9. The van der Waals surface area contributed by atoms with E-state index in [9.17, 15) is 43.8 Å². The molecule has 2 aromatic rings. The smallest absolute Gasteiger partial charge is 0.326 e. The molecule has 0 aliphatic rings. The van der Waals surface area contributed by atoms with Crippen molar-refractivity contribution < 1.29 is 43.8 Å². The average Bonchev–Trinajstić information content (AvgIpc) is 3.47. The minimum Gasteiger partial charge on any atom is -0.481 e. The van der Waals surface area contributed by atoms with Gasteiger partial charge in [0, 0.05) is 23.5 Å². The van der Waals surface area contributed by atoms with E-state index in [1.165, 1.54) is 0 Å². The summed E-state index contributed by atoms with van der Waals surface area (Å²) in [6.07, 6.45) is 2.28. The normalized spacial score (nSPS) is 14.1. The maximum atomic E-state index is 13.6. The van der Waals surface area contributed by atoms with Crippen LogP contribution in [-0.4, -0.2) is 100.0 Å². The van der Waals surface area contributed by atoms with E-state index >= 15 is 0 Å². The molecule has 0 fully saturated rings. The number of nitrogens with one attached hydrogen (secondary N) is 5. The Kier molecular flexibility index (Phi) is 17.4. The van der Waals surface area contributed by atoms with Crippen LogP contribution < -0.4 is 44.2 Å². The largest absolute Gasteiger partial charge is 0.481 e. The quantitative estimate of drug-likeness (QED) is 0.0532. The van der Waals surface area contributed by atoms with Crippen LogP contribution >= 0.6 is 0 Å². The predicted molar refractivity (Wildman–Crippen MR) is 182 cm³/mol. The molecule has 1 aromatic carbocycles. The summed E-state index contributed by atoms with van der Waals surface area (Å²) < 4.78 is 0. The summed E-state index contributed by atoms with van der Waals surface area (Å²) in [5.74, 6) is -7.13. The van der Waals surface area contributed by atoms with E-state index in [1.54, 1.807) is 6.20 Å². The minimum absolute atomic E-state index is 0.0605. The number of amides is 5. The van der Waals surface area contributed by atoms with Gasteiger partial charge in [-0.05, 0) is 76.1 Å². The monoisotopic (exact) mass is 703 g/mol. The van der Waals surface area contributed by atoms with E-state index in [4.69, 9.17) is 22.9 Å². The fraction of sp³-hybridized carbons (Fsp3) is 0.531. The van der Waals surface area contributed by atoms with E-state index in [-0.39, 0.29) is 25.8 Å². The molecule has 50 heavy (non-hydrogen) atoms. The van der Waals surface area contributed by atoms with Gasteiger partial charge in [-0.25, -0.2) is 4.79 Å². The van der Waals surface area contributed by atoms with Gasteiger partial charge in [0.15, 0.2) is 0 Å². The number of carboxylic acids is 2. The van der Waals surface area contributed by atoms with Gasteiger partial charge < -0.3 is 59.4 Å². The van der Waals surface area contributed by atoms with Gasteiger partial charge in [0.05, 0.1) is 12.5 Å². The third-order valence-electron chi connectivity index (χ3n) is 7.91. The number of aromatic amines is 1. The van der Waals surface area contributed by atoms with Crippen molar-refractivity contribution in [2.75, 3.05) is 13.1 Å². The number of carbonyl (C=O) groups is 7. The molecule has 2 rings (SSSR count). The topological polar surface area (TPSA) is 328 Å². The maximum Gasteiger partial charge on any atom is 0.326 e. The van der Waals surface area contributed by atoms with Crippen LogP contribution in [-0.2, 0) is 40.0 Å². The number of hydrogen-bond acceptors (Lipinski definition) is 10. The van der Waals surface area contributed by atoms with Crippen molar-refractivity contribution in [1.82, 2.24) is 26.3 Å². The van der Waals surface area contributed by atoms with Crippen LogP contribution in [0.3, 0.4) is 0 Å². The van der Waals surface area contributed by atoms with Gasteiger partial charge in [-0.3, -0.25) is 28.8 Å². The van der Waals surface area contributed by atoms with Crippen LogP contribution in [0.1, 0.15) is 63.4 Å². The van der Waals surface area contributed by atoms with Gasteiger partial charge in [-0.15, -0.1) is 0 Å². The minimum atomic E-state index is -1.73. The molecule has 276 valence electrons. The van der Waals surface area contributed by atoms with Crippen LogP contribution in [0.25, 0.3) is 10.9 Å². The van der Waals surface area contributed by atoms with Crippen LogP contribution in [0.15, 0.2) is 30.5 Å². The van der Waals surface area contributed by atoms with Crippen LogP contribution in [0, 0.1) is 0 Å². The summed E-state index contributed by atoms with van der Waals surface area (Å²) in [7, 11) is 0. The summed E-state index contributed by atoms with van der Waals surface area (Å²) in [6.45, 7) is 0.628. The van der Waals surface area contributed by atoms with Gasteiger partial charge in [-0.1, -0.05) is 18.2 Å². The molecule has 18 nitrogen and oxygen atoms in total. The fourth-order valence-corrected chi connectivity index (χ4v) is 5.19. The zero-order chi connectivity index (χ0) is 37.2. The molecule has 1 aromatic heterocycles. The highest BCUT2D eigenvalue weighted by Crippen LogP contribution is 2.19. The van der Waals surface area contributed by atoms with Crippen LogP contribution in [0.4, 0.5) is 0 Å². The number of H-pyrrole nitrogens is 1. The third kappa shape index (κ3) is 13.8. The summed E-state index contributed by atoms with van der Waals surface area (Å²) in [4.78, 5) is 90.7. The molecule has 18 heteroatoms. The SMILES string of the molecule is NCCCC[C@H](NC(=O)[C@H](CCCCN)NC(=O)[C@@H](N)Cc1c[nH]c2ccccc12)C(=O)N[C@@H](CCC(=O)O)C(=O)N[C@@H](CC(N)=O)C(=O)O. The fourth-order valence-electron chi connectivity index (χ4n) is 5.19. The second-order valence-corrected chi connectivity index (χ2v) is 11.9. The lowest BCUT2D eigenvalue weighted by atomic mass is 10.0. The van der Waals surface area contributed by atoms with Crippen molar-refractivity contribution in [1.29, 1.82) is 0 Å². The van der Waals surface area contributed by atoms with Gasteiger partial charge in [0.25, 0.3) is 0 Å². The Morgan fingerprint density at radius 1 is 0.700 bits per heavy atom. The molecule has 15 N–H and O–H groups in total. The van der Waals surface area contributed by atoms with E-state index in [2.05, 4.69) is 26.3 Å². The summed E-state index contributed by atoms with van der Waals surface area (Å²) in [5, 5.41) is 29.3. The molecule has 1 heterocycles. The van der Waals surface area contributed by atoms with Gasteiger partial charge >= 0.3 is 11.9 Å². The highest BCUT2D eigenvalue weighted by Gasteiger charge is 2.32. The molecule has 0 aliphatic carbocycles. The first kappa shape index (κ1) is 41.1. The first-order valence-corrected chi connectivity index (χ1v) is 16.4. The Labute approximate surface area is 288 Å². The zero-order valence-electron chi connectivity index (χ0n) is 27.8. The van der Waals surface area contributed by atoms with Crippen LogP contribution in [0.2, 0.25) is 0 Å². The van der Waals surface area contributed by atoms with Crippen molar-refractivity contribution >= 4 is 52.4 Å². The standard InChI is InChI=1S/C32H49N9O9/c33-13-5-3-9-22(38-28(45)20(35)15-18-17-37-21-8-2-1-7-19(18)21)29(46)39-23(10-4-6-14-34)30(47)40-24(11-12-27(43)44)31(48)41-25(32(49)50)16-26(36)42/h1-2,7-8,17,20,22-25,37H,3-6,9-16,33-35H2,(H2,36,42)(H,38,45)(H,39,46)(H,40,47)(H,41,48)(H,43,44)(H,49,50)/t20-,22-,23-,24-,25-/m0/s1. The molecular weight excluding hydrogens is 654 g/mol. The number of carbonyl (C=O) groups excluding carboxylic acids is 5. The number of fused-ring (bicyclic) bond motifs is 1. The van der Waals surface area contributed by atoms with Crippen molar-refractivity contribution in [3.05, 3.63) is 36.0 Å². The zero-order valence-corrected chi connectivity index (χ0v) is 27.8. The molecule has 0 saturated carbocycles. The number of unbranched alkanes of at least 4 members (excludes halogenated alkanes) is 2. The van der Waals surface area contributed by atoms with E-state index in [1.807, 2.05) is 24.3 Å². The second-order valence-electron chi connectivity index (χ2n) is 11.9. The number of hydrogen-bond donors (Lipinski definition) is 11. The van der Waals surface area contributed by atoms with Crippen LogP contribution in [0.5, 0.6) is 0 Å². The number of aliphatic carboxylic acids is 2. The van der Waals surface area contributed by atoms with Crippen molar-refractivity contribution in [3.8, 4) is 0 Å². The Bertz CT molecular complexity index is 1480. The highest BCUT2D eigenvalue weighted by molar-refractivity contribution is 5.96. The molecule has 0 aliphatic heterocycles. The molecule has 5 atom stereocenters. The Morgan fingerprint density at radius 3 is 1.70 bits per heavy atom. The average molecular weight is 704 g/mol. The van der Waals surface area contributed by atoms with Crippen molar-refractivity contribution in [3.63, 3.8) is 0 Å². The Balaban J connectivity index is 2.24. The molecule has 0 bridgehead atoms. The summed E-state index contributed by atoms with van der Waals surface area (Å²) in [5.41, 5.74) is 24.3. The lowest BCUT2D eigenvalue weighted by molar-refractivity contribution is -0.144. The summed E-state index contributed by atoms with van der Waals surface area (Å²) in [6, 6.07) is 0.852. The number of carboxylic acid groups (broad SMARTS) is 2. The van der Waals surface area contributed by atoms with Crippen molar-refractivity contribution in [2.45, 2.75) is 94.4 Å².